The molecule has 0 saturated heterocycles. The first-order valence-corrected chi connectivity index (χ1v) is 9.36. The highest BCUT2D eigenvalue weighted by Gasteiger charge is 2.16. The average Bonchev–Trinajstić information content (AvgIpc) is 2.64. The fraction of sp³-hybridized carbons (Fsp3) is 0.600. The van der Waals surface area contributed by atoms with Crippen LogP contribution in [-0.4, -0.2) is 69.8 Å². The second kappa shape index (κ2) is 13.7. The van der Waals surface area contributed by atoms with Crippen LogP contribution < -0.4 is 16.0 Å². The molecule has 0 bridgehead atoms. The van der Waals surface area contributed by atoms with Crippen molar-refractivity contribution in [3.63, 3.8) is 0 Å². The molecule has 1 aromatic carbocycles. The lowest BCUT2D eigenvalue weighted by Crippen LogP contribution is -2.45. The Bertz CT molecular complexity index is 620. The molecule has 0 atom stereocenters. The zero-order valence-electron chi connectivity index (χ0n) is 18.0. The Morgan fingerprint density at radius 3 is 2.54 bits per heavy atom. The van der Waals surface area contributed by atoms with Crippen molar-refractivity contribution < 1.29 is 9.53 Å². The zero-order chi connectivity index (χ0) is 20.3. The number of nitrogens with one attached hydrogen (secondary N) is 3. The van der Waals surface area contributed by atoms with Crippen LogP contribution in [0.2, 0.25) is 0 Å². The van der Waals surface area contributed by atoms with Gasteiger partial charge in [0.15, 0.2) is 5.96 Å². The van der Waals surface area contributed by atoms with E-state index in [-0.39, 0.29) is 35.5 Å². The van der Waals surface area contributed by atoms with E-state index in [9.17, 15) is 4.79 Å². The topological polar surface area (TPSA) is 78.0 Å². The molecule has 1 amide bonds. The fourth-order valence-electron chi connectivity index (χ4n) is 2.19. The van der Waals surface area contributed by atoms with Gasteiger partial charge >= 0.3 is 0 Å². The first-order valence-electron chi connectivity index (χ1n) is 9.36. The first-order chi connectivity index (χ1) is 12.8. The van der Waals surface area contributed by atoms with Gasteiger partial charge in [-0.15, -0.1) is 24.0 Å². The van der Waals surface area contributed by atoms with Gasteiger partial charge in [0.2, 0.25) is 0 Å². The maximum absolute atomic E-state index is 12.3. The van der Waals surface area contributed by atoms with Crippen LogP contribution in [0.25, 0.3) is 0 Å². The van der Waals surface area contributed by atoms with E-state index in [0.29, 0.717) is 25.2 Å². The molecule has 0 aliphatic carbocycles. The van der Waals surface area contributed by atoms with E-state index in [1.165, 1.54) is 0 Å². The number of hydrogen-bond acceptors (Lipinski definition) is 4. The number of hydrogen-bond donors (Lipinski definition) is 3. The number of methoxy groups -OCH3 is 1. The lowest BCUT2D eigenvalue weighted by atomic mass is 10.1. The predicted molar refractivity (Wildman–Crippen MR) is 127 cm³/mol. The lowest BCUT2D eigenvalue weighted by molar-refractivity contribution is 0.0268. The molecular weight excluding hydrogens is 469 g/mol. The quantitative estimate of drug-likeness (QED) is 0.258. The van der Waals surface area contributed by atoms with E-state index in [1.807, 2.05) is 64.0 Å². The molecule has 0 unspecified atom stereocenters. The molecule has 3 N–H and O–H groups in total. The standard InChI is InChI=1S/C20H35N5O2.HI/c1-7-21-19(24-15-20(2,3)27-6)23-14-16-9-8-10-17(13-16)18(26)22-11-12-25(4)5;/h8-10,13H,7,11-12,14-15H2,1-6H3,(H,22,26)(H2,21,23,24);1H. The summed E-state index contributed by atoms with van der Waals surface area (Å²) in [5, 5.41) is 9.44. The Balaban J connectivity index is 0.00000729. The summed E-state index contributed by atoms with van der Waals surface area (Å²) in [6.07, 6.45) is 0. The highest BCUT2D eigenvalue weighted by Crippen LogP contribution is 2.07. The van der Waals surface area contributed by atoms with Crippen molar-refractivity contribution in [1.29, 1.82) is 0 Å². The van der Waals surface area contributed by atoms with E-state index in [2.05, 4.69) is 20.9 Å². The van der Waals surface area contributed by atoms with Gasteiger partial charge in [-0.1, -0.05) is 12.1 Å². The molecule has 0 aliphatic rings. The van der Waals surface area contributed by atoms with Gasteiger partial charge in [0.25, 0.3) is 5.91 Å². The highest BCUT2D eigenvalue weighted by molar-refractivity contribution is 14.0. The van der Waals surface area contributed by atoms with Crippen LogP contribution in [0.15, 0.2) is 29.3 Å². The van der Waals surface area contributed by atoms with Crippen LogP contribution in [0.1, 0.15) is 36.7 Å². The Labute approximate surface area is 186 Å². The third-order valence-electron chi connectivity index (χ3n) is 4.03. The number of benzene rings is 1. The molecule has 7 nitrogen and oxygen atoms in total. The van der Waals surface area contributed by atoms with Crippen molar-refractivity contribution in [2.24, 2.45) is 4.99 Å². The lowest BCUT2D eigenvalue weighted by Gasteiger charge is -2.24. The van der Waals surface area contributed by atoms with Crippen LogP contribution in [0, 0.1) is 0 Å². The van der Waals surface area contributed by atoms with Gasteiger partial charge in [0.1, 0.15) is 0 Å². The summed E-state index contributed by atoms with van der Waals surface area (Å²) in [6.45, 7) is 9.39. The minimum atomic E-state index is -0.277. The normalized spacial score (nSPS) is 11.8. The van der Waals surface area contributed by atoms with Crippen LogP contribution in [0.5, 0.6) is 0 Å². The highest BCUT2D eigenvalue weighted by atomic mass is 127. The van der Waals surface area contributed by atoms with Gasteiger partial charge in [0.05, 0.1) is 12.1 Å². The predicted octanol–water partition coefficient (Wildman–Crippen LogP) is 2.08. The maximum atomic E-state index is 12.3. The minimum Gasteiger partial charge on any atom is -0.377 e. The molecule has 0 fully saturated rings. The van der Waals surface area contributed by atoms with Gasteiger partial charge in [-0.05, 0) is 52.6 Å². The van der Waals surface area contributed by atoms with Crippen LogP contribution >= 0.6 is 24.0 Å². The summed E-state index contributed by atoms with van der Waals surface area (Å²) in [6, 6.07) is 7.57. The number of carbonyl (C=O) groups excluding carboxylic acids is 1. The Hall–Kier alpha value is -1.39. The largest absolute Gasteiger partial charge is 0.377 e. The van der Waals surface area contributed by atoms with E-state index in [4.69, 9.17) is 4.74 Å². The summed E-state index contributed by atoms with van der Waals surface area (Å²) >= 11 is 0. The van der Waals surface area contributed by atoms with E-state index >= 15 is 0 Å². The molecule has 160 valence electrons. The molecule has 0 aromatic heterocycles. The van der Waals surface area contributed by atoms with Crippen LogP contribution in [0.3, 0.4) is 0 Å². The molecular formula is C20H36IN5O2. The molecule has 0 spiro atoms. The number of halogens is 1. The molecule has 0 heterocycles. The molecule has 28 heavy (non-hydrogen) atoms. The van der Waals surface area contributed by atoms with Gasteiger partial charge < -0.3 is 25.6 Å². The van der Waals surface area contributed by atoms with Gasteiger partial charge in [-0.2, -0.15) is 0 Å². The van der Waals surface area contributed by atoms with E-state index in [0.717, 1.165) is 24.6 Å². The van der Waals surface area contributed by atoms with E-state index in [1.54, 1.807) is 7.11 Å². The first kappa shape index (κ1) is 26.6. The third kappa shape index (κ3) is 10.8. The maximum Gasteiger partial charge on any atom is 0.251 e. The summed E-state index contributed by atoms with van der Waals surface area (Å²) in [5.41, 5.74) is 1.36. The number of amides is 1. The molecule has 0 saturated carbocycles. The molecule has 1 rings (SSSR count). The smallest absolute Gasteiger partial charge is 0.251 e. The third-order valence-corrected chi connectivity index (χ3v) is 4.03. The van der Waals surface area contributed by atoms with Gasteiger partial charge in [-0.25, -0.2) is 4.99 Å². The second-order valence-corrected chi connectivity index (χ2v) is 7.27. The molecule has 0 aliphatic heterocycles. The zero-order valence-corrected chi connectivity index (χ0v) is 20.3. The van der Waals surface area contributed by atoms with Crippen molar-refractivity contribution in [2.45, 2.75) is 32.9 Å². The summed E-state index contributed by atoms with van der Waals surface area (Å²) in [7, 11) is 5.66. The van der Waals surface area contributed by atoms with Crippen molar-refractivity contribution >= 4 is 35.8 Å². The Kier molecular flexibility index (Phi) is 13.0. The average molecular weight is 505 g/mol. The number of nitrogens with zero attached hydrogens (tertiary/aromatic N) is 2. The van der Waals surface area contributed by atoms with Gasteiger partial charge in [-0.3, -0.25) is 4.79 Å². The Morgan fingerprint density at radius 2 is 1.93 bits per heavy atom. The Morgan fingerprint density at radius 1 is 1.21 bits per heavy atom. The fourth-order valence-corrected chi connectivity index (χ4v) is 2.19. The number of ether oxygens (including phenoxy) is 1. The van der Waals surface area contributed by atoms with Crippen molar-refractivity contribution in [3.05, 3.63) is 35.4 Å². The monoisotopic (exact) mass is 505 g/mol. The van der Waals surface area contributed by atoms with E-state index < -0.39 is 0 Å². The molecule has 8 heteroatoms. The summed E-state index contributed by atoms with van der Waals surface area (Å²) in [4.78, 5) is 18.9. The summed E-state index contributed by atoms with van der Waals surface area (Å²) in [5.74, 6) is 0.665. The van der Waals surface area contributed by atoms with Crippen molar-refractivity contribution in [2.75, 3.05) is 47.4 Å². The number of carbonyl (C=O) groups is 1. The van der Waals surface area contributed by atoms with Crippen LogP contribution in [0.4, 0.5) is 0 Å². The minimum absolute atomic E-state index is 0. The van der Waals surface area contributed by atoms with Crippen molar-refractivity contribution in [3.8, 4) is 0 Å². The second-order valence-electron chi connectivity index (χ2n) is 7.27. The number of aliphatic imine (C=N–C) groups is 1. The van der Waals surface area contributed by atoms with Gasteiger partial charge in [0, 0.05) is 38.9 Å². The summed E-state index contributed by atoms with van der Waals surface area (Å²) < 4.78 is 5.43. The SMILES string of the molecule is CCNC(=NCc1cccc(C(=O)NCCN(C)C)c1)NCC(C)(C)OC.I. The number of rotatable bonds is 10. The number of likely N-dealkylation sites (N-methyl/N-ethyl adjacent to an activating group) is 1. The van der Waals surface area contributed by atoms with Crippen molar-refractivity contribution in [1.82, 2.24) is 20.9 Å². The number of guanidine groups is 1. The van der Waals surface area contributed by atoms with Crippen LogP contribution in [-0.2, 0) is 11.3 Å². The molecule has 1 aromatic rings. The molecule has 0 radical (unpaired) electrons.